The van der Waals surface area contributed by atoms with Crippen LogP contribution < -0.4 is 0 Å². The third kappa shape index (κ3) is 3.16. The van der Waals surface area contributed by atoms with Gasteiger partial charge in [-0.25, -0.2) is 0 Å². The maximum absolute atomic E-state index is 11.4. The fraction of sp³-hybridized carbons (Fsp3) is 0.176. The van der Waals surface area contributed by atoms with E-state index in [1.165, 1.54) is 11.6 Å². The highest BCUT2D eigenvalue weighted by atomic mass is 16.1. The number of allylic oxidation sites excluding steroid dienone is 1. The summed E-state index contributed by atoms with van der Waals surface area (Å²) in [7, 11) is 0. The third-order valence-electron chi connectivity index (χ3n) is 3.01. The number of benzene rings is 1. The summed E-state index contributed by atoms with van der Waals surface area (Å²) in [5, 5.41) is 0. The molecule has 19 heavy (non-hydrogen) atoms. The van der Waals surface area contributed by atoms with Gasteiger partial charge in [0.05, 0.1) is 5.69 Å². The van der Waals surface area contributed by atoms with Crippen LogP contribution in [0.25, 0.3) is 11.3 Å². The van der Waals surface area contributed by atoms with Crippen molar-refractivity contribution in [3.8, 4) is 11.3 Å². The number of aryl methyl sites for hydroxylation is 1. The molecule has 2 aromatic rings. The molecule has 0 aliphatic heterocycles. The van der Waals surface area contributed by atoms with Crippen LogP contribution in [0.2, 0.25) is 0 Å². The van der Waals surface area contributed by atoms with Crippen molar-refractivity contribution >= 4 is 5.78 Å². The Bertz CT molecular complexity index is 567. The molecule has 1 aromatic carbocycles. The normalized spacial score (nSPS) is 10.2. The summed E-state index contributed by atoms with van der Waals surface area (Å²) in [6, 6.07) is 11.6. The number of carbonyl (C=O) groups excluding carboxylic acids is 1. The van der Waals surface area contributed by atoms with Gasteiger partial charge in [-0.1, -0.05) is 50.3 Å². The second-order valence-corrected chi connectivity index (χ2v) is 4.45. The van der Waals surface area contributed by atoms with Crippen LogP contribution >= 0.6 is 0 Å². The van der Waals surface area contributed by atoms with Crippen LogP contribution in [0.4, 0.5) is 0 Å². The van der Waals surface area contributed by atoms with Gasteiger partial charge in [-0.2, -0.15) is 0 Å². The first-order valence-corrected chi connectivity index (χ1v) is 6.46. The maximum Gasteiger partial charge on any atom is 0.185 e. The Morgan fingerprint density at radius 2 is 1.95 bits per heavy atom. The molecule has 0 radical (unpaired) electrons. The fourth-order valence-corrected chi connectivity index (χ4v) is 1.95. The van der Waals surface area contributed by atoms with Gasteiger partial charge in [0.1, 0.15) is 0 Å². The largest absolute Gasteiger partial charge is 0.289 e. The number of rotatable bonds is 5. The molecule has 2 heteroatoms. The monoisotopic (exact) mass is 251 g/mol. The second kappa shape index (κ2) is 6.10. The molecule has 0 N–H and O–H groups in total. The van der Waals surface area contributed by atoms with Gasteiger partial charge >= 0.3 is 0 Å². The van der Waals surface area contributed by atoms with E-state index >= 15 is 0 Å². The molecule has 0 aliphatic rings. The molecule has 0 aliphatic carbocycles. The van der Waals surface area contributed by atoms with E-state index in [-0.39, 0.29) is 5.78 Å². The van der Waals surface area contributed by atoms with Crippen LogP contribution in [0, 0.1) is 0 Å². The fourth-order valence-electron chi connectivity index (χ4n) is 1.95. The van der Waals surface area contributed by atoms with Crippen LogP contribution in [-0.2, 0) is 6.42 Å². The quantitative estimate of drug-likeness (QED) is 0.592. The van der Waals surface area contributed by atoms with Gasteiger partial charge in [0.15, 0.2) is 5.78 Å². The smallest absolute Gasteiger partial charge is 0.185 e. The summed E-state index contributed by atoms with van der Waals surface area (Å²) < 4.78 is 0. The van der Waals surface area contributed by atoms with Crippen LogP contribution in [-0.4, -0.2) is 10.8 Å². The molecule has 0 unspecified atom stereocenters. The molecule has 0 spiro atoms. The summed E-state index contributed by atoms with van der Waals surface area (Å²) in [5.41, 5.74) is 3.85. The second-order valence-electron chi connectivity index (χ2n) is 4.45. The van der Waals surface area contributed by atoms with Crippen molar-refractivity contribution in [2.45, 2.75) is 19.8 Å². The molecular weight excluding hydrogens is 234 g/mol. The summed E-state index contributed by atoms with van der Waals surface area (Å²) in [6.07, 6.45) is 5.42. The minimum Gasteiger partial charge on any atom is -0.289 e. The summed E-state index contributed by atoms with van der Waals surface area (Å²) in [5.74, 6) is -0.0576. The van der Waals surface area contributed by atoms with E-state index < -0.39 is 0 Å². The Morgan fingerprint density at radius 3 is 2.47 bits per heavy atom. The first-order valence-electron chi connectivity index (χ1n) is 6.46. The molecule has 0 fully saturated rings. The molecular formula is C17H17NO. The number of aromatic nitrogens is 1. The van der Waals surface area contributed by atoms with E-state index in [4.69, 9.17) is 0 Å². The molecule has 0 atom stereocenters. The van der Waals surface area contributed by atoms with E-state index in [1.54, 1.807) is 12.1 Å². The van der Waals surface area contributed by atoms with Crippen molar-refractivity contribution < 1.29 is 4.79 Å². The average Bonchev–Trinajstić information content (AvgIpc) is 2.48. The predicted octanol–water partition coefficient (Wildman–Crippen LogP) is 4.07. The minimum atomic E-state index is -0.0576. The van der Waals surface area contributed by atoms with Crippen LogP contribution in [0.3, 0.4) is 0 Å². The van der Waals surface area contributed by atoms with Crippen LogP contribution in [0.15, 0.2) is 55.3 Å². The molecule has 2 rings (SSSR count). The Hall–Kier alpha value is -2.22. The first-order chi connectivity index (χ1) is 9.24. The SMILES string of the molecule is C=CC(=O)c1ccc(-c2ccc(CCC)cn2)cc1. The van der Waals surface area contributed by atoms with Gasteiger partial charge in [0, 0.05) is 17.3 Å². The molecule has 0 bridgehead atoms. The van der Waals surface area contributed by atoms with Gasteiger partial charge in [0.25, 0.3) is 0 Å². The van der Waals surface area contributed by atoms with Crippen molar-refractivity contribution in [3.63, 3.8) is 0 Å². The third-order valence-corrected chi connectivity index (χ3v) is 3.01. The zero-order valence-corrected chi connectivity index (χ0v) is 11.1. The molecule has 0 saturated carbocycles. The van der Waals surface area contributed by atoms with Gasteiger partial charge in [-0.05, 0) is 24.1 Å². The molecule has 0 amide bonds. The number of carbonyl (C=O) groups is 1. The van der Waals surface area contributed by atoms with E-state index in [9.17, 15) is 4.79 Å². The van der Waals surface area contributed by atoms with Crippen molar-refractivity contribution in [2.75, 3.05) is 0 Å². The minimum absolute atomic E-state index is 0.0576. The lowest BCUT2D eigenvalue weighted by atomic mass is 10.0. The van der Waals surface area contributed by atoms with Crippen molar-refractivity contribution in [2.24, 2.45) is 0 Å². The lowest BCUT2D eigenvalue weighted by Gasteiger charge is -2.03. The highest BCUT2D eigenvalue weighted by Gasteiger charge is 2.03. The highest BCUT2D eigenvalue weighted by Crippen LogP contribution is 2.18. The molecule has 2 nitrogen and oxygen atoms in total. The first kappa shape index (κ1) is 13.2. The number of hydrogen-bond donors (Lipinski definition) is 0. The van der Waals surface area contributed by atoms with Crippen LogP contribution in [0.1, 0.15) is 29.3 Å². The molecule has 0 saturated heterocycles. The zero-order valence-electron chi connectivity index (χ0n) is 11.1. The Kier molecular flexibility index (Phi) is 4.24. The topological polar surface area (TPSA) is 30.0 Å². The van der Waals surface area contributed by atoms with Crippen LogP contribution in [0.5, 0.6) is 0 Å². The Labute approximate surface area is 113 Å². The number of nitrogens with zero attached hydrogens (tertiary/aromatic N) is 1. The lowest BCUT2D eigenvalue weighted by molar-refractivity contribution is 0.104. The van der Waals surface area contributed by atoms with E-state index in [2.05, 4.69) is 24.6 Å². The summed E-state index contributed by atoms with van der Waals surface area (Å²) >= 11 is 0. The van der Waals surface area contributed by atoms with E-state index in [1.807, 2.05) is 24.4 Å². The standard InChI is InChI=1S/C17H17NO/c1-3-5-13-6-11-16(18-12-13)14-7-9-15(10-8-14)17(19)4-2/h4,6-12H,2-3,5H2,1H3. The zero-order chi connectivity index (χ0) is 13.7. The lowest BCUT2D eigenvalue weighted by Crippen LogP contribution is -1.93. The summed E-state index contributed by atoms with van der Waals surface area (Å²) in [6.45, 7) is 5.64. The van der Waals surface area contributed by atoms with Gasteiger partial charge in [0.2, 0.25) is 0 Å². The average molecular weight is 251 g/mol. The highest BCUT2D eigenvalue weighted by molar-refractivity contribution is 6.04. The van der Waals surface area contributed by atoms with E-state index in [0.29, 0.717) is 5.56 Å². The van der Waals surface area contributed by atoms with Gasteiger partial charge < -0.3 is 0 Å². The number of pyridine rings is 1. The van der Waals surface area contributed by atoms with Crippen molar-refractivity contribution in [3.05, 3.63) is 66.4 Å². The van der Waals surface area contributed by atoms with Crippen molar-refractivity contribution in [1.29, 1.82) is 0 Å². The van der Waals surface area contributed by atoms with Gasteiger partial charge in [-0.3, -0.25) is 9.78 Å². The molecule has 96 valence electrons. The predicted molar refractivity (Wildman–Crippen MR) is 78.2 cm³/mol. The molecule has 1 heterocycles. The van der Waals surface area contributed by atoms with E-state index in [0.717, 1.165) is 24.1 Å². The summed E-state index contributed by atoms with van der Waals surface area (Å²) in [4.78, 5) is 15.9. The number of ketones is 1. The van der Waals surface area contributed by atoms with Crippen molar-refractivity contribution in [1.82, 2.24) is 4.98 Å². The van der Waals surface area contributed by atoms with Gasteiger partial charge in [-0.15, -0.1) is 0 Å². The molecule has 1 aromatic heterocycles. The Balaban J connectivity index is 2.22. The Morgan fingerprint density at radius 1 is 1.21 bits per heavy atom. The number of hydrogen-bond acceptors (Lipinski definition) is 2. The maximum atomic E-state index is 11.4.